The van der Waals surface area contributed by atoms with Gasteiger partial charge in [-0.3, -0.25) is 0 Å². The number of piperidine rings is 1. The summed E-state index contributed by atoms with van der Waals surface area (Å²) in [6, 6.07) is 9.05. The van der Waals surface area contributed by atoms with Crippen molar-refractivity contribution in [1.82, 2.24) is 5.32 Å². The molecule has 2 aliphatic rings. The number of rotatable bonds is 2. The standard InChI is InChI=1S/C17H18FN5S/c18-15(21-13-5-2-10-24-13)11-3-1-4-12-14(11)16(19)23-17(22-12)6-8-20-9-7-17/h1-5,10,20,22H,6-9H2,(H2,19,23). The van der Waals surface area contributed by atoms with Gasteiger partial charge in [0.25, 0.3) is 0 Å². The highest BCUT2D eigenvalue weighted by molar-refractivity contribution is 7.13. The van der Waals surface area contributed by atoms with Crippen LogP contribution in [0.4, 0.5) is 15.1 Å². The van der Waals surface area contributed by atoms with Gasteiger partial charge in [0.15, 0.2) is 0 Å². The largest absolute Gasteiger partial charge is 0.383 e. The fourth-order valence-electron chi connectivity index (χ4n) is 3.24. The summed E-state index contributed by atoms with van der Waals surface area (Å²) in [7, 11) is 0. The van der Waals surface area contributed by atoms with Gasteiger partial charge in [-0.15, -0.1) is 11.3 Å². The molecule has 1 aromatic carbocycles. The van der Waals surface area contributed by atoms with Crippen molar-refractivity contribution < 1.29 is 4.39 Å². The van der Waals surface area contributed by atoms with Crippen molar-refractivity contribution in [3.8, 4) is 0 Å². The van der Waals surface area contributed by atoms with Crippen LogP contribution in [-0.4, -0.2) is 30.6 Å². The van der Waals surface area contributed by atoms with E-state index in [1.165, 1.54) is 11.3 Å². The van der Waals surface area contributed by atoms with E-state index < -0.39 is 5.97 Å². The third-order valence-corrected chi connectivity index (χ3v) is 5.15. The third kappa shape index (κ3) is 2.70. The minimum Gasteiger partial charge on any atom is -0.383 e. The number of anilines is 1. The summed E-state index contributed by atoms with van der Waals surface area (Å²) in [5.41, 5.74) is 7.64. The number of nitrogens with zero attached hydrogens (tertiary/aromatic N) is 2. The Bertz CT molecular complexity index is 806. The van der Waals surface area contributed by atoms with E-state index in [0.29, 0.717) is 22.0 Å². The average Bonchev–Trinajstić information content (AvgIpc) is 3.07. The lowest BCUT2D eigenvalue weighted by molar-refractivity contribution is 0.349. The monoisotopic (exact) mass is 343 g/mol. The van der Waals surface area contributed by atoms with Gasteiger partial charge >= 0.3 is 0 Å². The maximum Gasteiger partial charge on any atom is 0.222 e. The zero-order valence-electron chi connectivity index (χ0n) is 13.1. The molecule has 24 heavy (non-hydrogen) atoms. The van der Waals surface area contributed by atoms with E-state index in [1.807, 2.05) is 23.6 Å². The Hall–Kier alpha value is -2.25. The van der Waals surface area contributed by atoms with E-state index >= 15 is 0 Å². The third-order valence-electron chi connectivity index (χ3n) is 4.39. The predicted octanol–water partition coefficient (Wildman–Crippen LogP) is 3.01. The number of hydrogen-bond donors (Lipinski definition) is 3. The maximum absolute atomic E-state index is 14.7. The molecule has 7 heteroatoms. The van der Waals surface area contributed by atoms with Crippen molar-refractivity contribution in [3.63, 3.8) is 0 Å². The van der Waals surface area contributed by atoms with Gasteiger partial charge in [0.1, 0.15) is 16.5 Å². The van der Waals surface area contributed by atoms with E-state index in [0.717, 1.165) is 31.6 Å². The lowest BCUT2D eigenvalue weighted by Crippen LogP contribution is -2.50. The number of benzene rings is 1. The molecular weight excluding hydrogens is 325 g/mol. The molecule has 0 radical (unpaired) electrons. The first-order valence-corrected chi connectivity index (χ1v) is 8.81. The van der Waals surface area contributed by atoms with Crippen molar-refractivity contribution in [2.75, 3.05) is 18.4 Å². The molecule has 3 heterocycles. The van der Waals surface area contributed by atoms with Crippen LogP contribution < -0.4 is 16.4 Å². The molecule has 0 bridgehead atoms. The van der Waals surface area contributed by atoms with Crippen molar-refractivity contribution in [3.05, 3.63) is 46.8 Å². The van der Waals surface area contributed by atoms with Gasteiger partial charge in [0, 0.05) is 24.1 Å². The van der Waals surface area contributed by atoms with Crippen LogP contribution in [-0.2, 0) is 0 Å². The number of hydrogen-bond acceptors (Lipinski definition) is 6. The first kappa shape index (κ1) is 15.3. The van der Waals surface area contributed by atoms with Crippen molar-refractivity contribution >= 4 is 33.8 Å². The summed E-state index contributed by atoms with van der Waals surface area (Å²) in [4.78, 5) is 8.73. The van der Waals surface area contributed by atoms with Gasteiger partial charge in [-0.25, -0.2) is 9.98 Å². The van der Waals surface area contributed by atoms with Crippen LogP contribution in [0.5, 0.6) is 0 Å². The van der Waals surface area contributed by atoms with E-state index in [9.17, 15) is 4.39 Å². The van der Waals surface area contributed by atoms with Crippen molar-refractivity contribution in [1.29, 1.82) is 0 Å². The quantitative estimate of drug-likeness (QED) is 0.734. The molecule has 124 valence electrons. The molecular formula is C17H18FN5S. The number of aliphatic imine (C=N–C) groups is 2. The normalized spacial score (nSPS) is 19.5. The molecule has 1 spiro atoms. The summed E-state index contributed by atoms with van der Waals surface area (Å²) in [5, 5.41) is 9.28. The van der Waals surface area contributed by atoms with E-state index in [2.05, 4.69) is 20.6 Å². The first-order chi connectivity index (χ1) is 11.7. The Kier molecular flexibility index (Phi) is 3.82. The predicted molar refractivity (Wildman–Crippen MR) is 97.2 cm³/mol. The molecule has 1 fully saturated rings. The molecule has 4 rings (SSSR count). The highest BCUT2D eigenvalue weighted by atomic mass is 32.1. The molecule has 1 saturated heterocycles. The molecule has 2 aliphatic heterocycles. The van der Waals surface area contributed by atoms with Gasteiger partial charge in [0.05, 0.1) is 5.56 Å². The van der Waals surface area contributed by atoms with Crippen molar-refractivity contribution in [2.24, 2.45) is 15.7 Å². The second kappa shape index (κ2) is 5.99. The number of thiophene rings is 1. The minimum atomic E-state index is -0.546. The number of fused-ring (bicyclic) bond motifs is 1. The summed E-state index contributed by atoms with van der Waals surface area (Å²) < 4.78 is 14.7. The second-order valence-electron chi connectivity index (χ2n) is 5.99. The Morgan fingerprint density at radius 1 is 1.25 bits per heavy atom. The molecule has 0 saturated carbocycles. The van der Waals surface area contributed by atoms with E-state index in [-0.39, 0.29) is 5.66 Å². The number of nitrogens with one attached hydrogen (secondary N) is 2. The lowest BCUT2D eigenvalue weighted by atomic mass is 9.93. The Morgan fingerprint density at radius 3 is 2.83 bits per heavy atom. The number of amidine groups is 1. The van der Waals surface area contributed by atoms with Crippen LogP contribution in [0, 0.1) is 0 Å². The topological polar surface area (TPSA) is 74.8 Å². The van der Waals surface area contributed by atoms with Gasteiger partial charge in [0.2, 0.25) is 5.97 Å². The van der Waals surface area contributed by atoms with Crippen molar-refractivity contribution in [2.45, 2.75) is 18.5 Å². The molecule has 2 aromatic rings. The SMILES string of the molecule is NC1=NC2(CCNCC2)Nc2cccc(C(F)=Nc3cccs3)c21. The summed E-state index contributed by atoms with van der Waals surface area (Å²) in [6.45, 7) is 1.76. The highest BCUT2D eigenvalue weighted by Crippen LogP contribution is 2.34. The summed E-state index contributed by atoms with van der Waals surface area (Å²) in [5.74, 6) is -0.173. The molecule has 1 aromatic heterocycles. The Labute approximate surface area is 143 Å². The molecule has 0 atom stereocenters. The van der Waals surface area contributed by atoms with Gasteiger partial charge in [-0.2, -0.15) is 4.39 Å². The fourth-order valence-corrected chi connectivity index (χ4v) is 3.82. The summed E-state index contributed by atoms with van der Waals surface area (Å²) >= 11 is 1.39. The lowest BCUT2D eigenvalue weighted by Gasteiger charge is -2.39. The van der Waals surface area contributed by atoms with Crippen LogP contribution in [0.25, 0.3) is 0 Å². The first-order valence-electron chi connectivity index (χ1n) is 7.93. The molecule has 0 amide bonds. The van der Waals surface area contributed by atoms with E-state index in [4.69, 9.17) is 5.73 Å². The van der Waals surface area contributed by atoms with Crippen LogP contribution in [0.2, 0.25) is 0 Å². The number of nitrogens with two attached hydrogens (primary N) is 1. The number of halogens is 1. The minimum absolute atomic E-state index is 0.373. The zero-order valence-corrected chi connectivity index (χ0v) is 13.9. The van der Waals surface area contributed by atoms with Crippen LogP contribution in [0.1, 0.15) is 24.0 Å². The zero-order chi connectivity index (χ0) is 16.6. The highest BCUT2D eigenvalue weighted by Gasteiger charge is 2.36. The summed E-state index contributed by atoms with van der Waals surface area (Å²) in [6.07, 6.45) is 1.70. The van der Waals surface area contributed by atoms with Gasteiger partial charge in [-0.05, 0) is 42.7 Å². The van der Waals surface area contributed by atoms with Crippen LogP contribution >= 0.6 is 11.3 Å². The molecule has 0 aliphatic carbocycles. The van der Waals surface area contributed by atoms with Gasteiger partial charge < -0.3 is 16.4 Å². The molecule has 0 unspecified atom stereocenters. The molecule has 4 N–H and O–H groups in total. The average molecular weight is 343 g/mol. The van der Waals surface area contributed by atoms with Gasteiger partial charge in [-0.1, -0.05) is 6.07 Å². The van der Waals surface area contributed by atoms with Crippen LogP contribution in [0.3, 0.4) is 0 Å². The molecule has 5 nitrogen and oxygen atoms in total. The fraction of sp³-hybridized carbons (Fsp3) is 0.294. The second-order valence-corrected chi connectivity index (χ2v) is 6.91. The van der Waals surface area contributed by atoms with Crippen LogP contribution in [0.15, 0.2) is 45.7 Å². The van der Waals surface area contributed by atoms with E-state index in [1.54, 1.807) is 12.1 Å². The smallest absolute Gasteiger partial charge is 0.222 e. The maximum atomic E-state index is 14.7. The Balaban J connectivity index is 1.76. The Morgan fingerprint density at radius 2 is 2.08 bits per heavy atom.